The molecule has 0 radical (unpaired) electrons. The molecule has 0 N–H and O–H groups in total. The van der Waals surface area contributed by atoms with Gasteiger partial charge in [0.15, 0.2) is 5.69 Å². The Balaban J connectivity index is 2.47. The van der Waals surface area contributed by atoms with Crippen LogP contribution < -0.4 is 4.74 Å². The lowest BCUT2D eigenvalue weighted by Gasteiger charge is -2.04. The summed E-state index contributed by atoms with van der Waals surface area (Å²) in [5.74, 6) is -0.195. The van der Waals surface area contributed by atoms with Crippen LogP contribution in [0.1, 0.15) is 23.2 Å². The number of hydrogen-bond acceptors (Lipinski definition) is 5. The van der Waals surface area contributed by atoms with E-state index in [1.54, 1.807) is 13.8 Å². The summed E-state index contributed by atoms with van der Waals surface area (Å²) in [6.45, 7) is 3.53. The van der Waals surface area contributed by atoms with Crippen molar-refractivity contribution in [2.75, 3.05) is 13.7 Å². The predicted octanol–water partition coefficient (Wildman–Crippen LogP) is 2.97. The molecule has 0 fully saturated rings. The quantitative estimate of drug-likeness (QED) is 0.805. The summed E-state index contributed by atoms with van der Waals surface area (Å²) in [5, 5.41) is 0. The van der Waals surface area contributed by atoms with E-state index in [-0.39, 0.29) is 18.2 Å². The molecule has 2 rings (SSSR count). The molecule has 20 heavy (non-hydrogen) atoms. The molecule has 0 aliphatic rings. The van der Waals surface area contributed by atoms with Gasteiger partial charge < -0.3 is 13.9 Å². The van der Waals surface area contributed by atoms with Crippen molar-refractivity contribution in [1.82, 2.24) is 4.98 Å². The number of benzene rings is 1. The van der Waals surface area contributed by atoms with E-state index in [2.05, 4.69) is 4.98 Å². The summed E-state index contributed by atoms with van der Waals surface area (Å²) in [5.41, 5.74) is 0.416. The Morgan fingerprint density at radius 3 is 2.85 bits per heavy atom. The molecule has 1 aromatic heterocycles. The van der Waals surface area contributed by atoms with Gasteiger partial charge in [0.05, 0.1) is 19.3 Å². The van der Waals surface area contributed by atoms with Gasteiger partial charge in [-0.15, -0.1) is 0 Å². The highest BCUT2D eigenvalue weighted by molar-refractivity contribution is 5.89. The van der Waals surface area contributed by atoms with Crippen LogP contribution in [0.3, 0.4) is 0 Å². The zero-order valence-corrected chi connectivity index (χ0v) is 11.4. The van der Waals surface area contributed by atoms with Crippen LogP contribution in [-0.2, 0) is 4.74 Å². The van der Waals surface area contributed by atoms with Gasteiger partial charge in [-0.25, -0.2) is 14.2 Å². The molecule has 0 aliphatic heterocycles. The Hall–Kier alpha value is -2.37. The fraction of sp³-hybridized carbons (Fsp3) is 0.286. The molecule has 5 nitrogen and oxygen atoms in total. The van der Waals surface area contributed by atoms with Crippen LogP contribution in [0, 0.1) is 12.7 Å². The lowest BCUT2D eigenvalue weighted by Crippen LogP contribution is -2.06. The molecule has 0 bridgehead atoms. The monoisotopic (exact) mass is 279 g/mol. The van der Waals surface area contributed by atoms with E-state index in [1.165, 1.54) is 25.3 Å². The smallest absolute Gasteiger partial charge is 0.360 e. The summed E-state index contributed by atoms with van der Waals surface area (Å²) in [6, 6.07) is 3.97. The number of rotatable bonds is 4. The number of esters is 1. The van der Waals surface area contributed by atoms with Crippen molar-refractivity contribution in [3.05, 3.63) is 35.5 Å². The lowest BCUT2D eigenvalue weighted by molar-refractivity contribution is 0.0518. The number of nitrogens with zero attached hydrogens (tertiary/aromatic N) is 1. The summed E-state index contributed by atoms with van der Waals surface area (Å²) in [4.78, 5) is 15.7. The SMILES string of the molecule is CCOC(=O)c1nc(-c2cc(F)ccc2OC)oc1C. The van der Waals surface area contributed by atoms with Gasteiger partial charge in [0.1, 0.15) is 17.3 Å². The number of aromatic nitrogens is 1. The van der Waals surface area contributed by atoms with Crippen molar-refractivity contribution in [2.24, 2.45) is 0 Å². The second-order valence-electron chi connectivity index (χ2n) is 3.99. The number of hydrogen-bond donors (Lipinski definition) is 0. The molecule has 0 atom stereocenters. The molecule has 0 amide bonds. The van der Waals surface area contributed by atoms with E-state index < -0.39 is 11.8 Å². The Kier molecular flexibility index (Phi) is 4.02. The van der Waals surface area contributed by atoms with Gasteiger partial charge in [0, 0.05) is 0 Å². The first-order valence-electron chi connectivity index (χ1n) is 6.05. The van der Waals surface area contributed by atoms with Crippen molar-refractivity contribution < 1.29 is 23.1 Å². The van der Waals surface area contributed by atoms with Crippen LogP contribution in [0.5, 0.6) is 5.75 Å². The van der Waals surface area contributed by atoms with Crippen LogP contribution in [-0.4, -0.2) is 24.7 Å². The molecular formula is C14H14FNO4. The zero-order valence-electron chi connectivity index (χ0n) is 11.4. The van der Waals surface area contributed by atoms with Gasteiger partial charge in [0.2, 0.25) is 5.89 Å². The number of carbonyl (C=O) groups excluding carboxylic acids is 1. The van der Waals surface area contributed by atoms with Gasteiger partial charge >= 0.3 is 5.97 Å². The molecule has 2 aromatic rings. The highest BCUT2D eigenvalue weighted by atomic mass is 19.1. The molecule has 1 heterocycles. The van der Waals surface area contributed by atoms with Gasteiger partial charge in [-0.1, -0.05) is 0 Å². The van der Waals surface area contributed by atoms with Gasteiger partial charge in [-0.2, -0.15) is 0 Å². The minimum Gasteiger partial charge on any atom is -0.496 e. The Labute approximate surface area is 115 Å². The zero-order chi connectivity index (χ0) is 14.7. The second kappa shape index (κ2) is 5.73. The highest BCUT2D eigenvalue weighted by Crippen LogP contribution is 2.31. The lowest BCUT2D eigenvalue weighted by atomic mass is 10.2. The summed E-state index contributed by atoms with van der Waals surface area (Å²) >= 11 is 0. The summed E-state index contributed by atoms with van der Waals surface area (Å²) in [7, 11) is 1.46. The Morgan fingerprint density at radius 2 is 2.20 bits per heavy atom. The standard InChI is InChI=1S/C14H14FNO4/c1-4-19-14(17)12-8(2)20-13(16-12)10-7-9(15)5-6-11(10)18-3/h5-7H,4H2,1-3H3. The first-order valence-corrected chi connectivity index (χ1v) is 6.05. The third-order valence-corrected chi connectivity index (χ3v) is 2.66. The van der Waals surface area contributed by atoms with Crippen molar-refractivity contribution in [1.29, 1.82) is 0 Å². The molecule has 0 saturated carbocycles. The Bertz CT molecular complexity index is 636. The fourth-order valence-electron chi connectivity index (χ4n) is 1.75. The summed E-state index contributed by atoms with van der Waals surface area (Å²) in [6.07, 6.45) is 0. The average molecular weight is 279 g/mol. The van der Waals surface area contributed by atoms with Gasteiger partial charge in [0.25, 0.3) is 0 Å². The number of carbonyl (C=O) groups is 1. The van der Waals surface area contributed by atoms with Crippen molar-refractivity contribution in [3.8, 4) is 17.2 Å². The fourth-order valence-corrected chi connectivity index (χ4v) is 1.75. The van der Waals surface area contributed by atoms with E-state index in [0.717, 1.165) is 0 Å². The number of ether oxygens (including phenoxy) is 2. The first kappa shape index (κ1) is 14.0. The topological polar surface area (TPSA) is 61.6 Å². The van der Waals surface area contributed by atoms with E-state index >= 15 is 0 Å². The maximum Gasteiger partial charge on any atom is 0.360 e. The molecule has 0 spiro atoms. The van der Waals surface area contributed by atoms with E-state index in [1.807, 2.05) is 0 Å². The third kappa shape index (κ3) is 2.64. The number of halogens is 1. The molecule has 0 unspecified atom stereocenters. The van der Waals surface area contributed by atoms with Crippen LogP contribution in [0.25, 0.3) is 11.5 Å². The minimum atomic E-state index is -0.574. The number of aryl methyl sites for hydroxylation is 1. The second-order valence-corrected chi connectivity index (χ2v) is 3.99. The van der Waals surface area contributed by atoms with Gasteiger partial charge in [-0.05, 0) is 32.0 Å². The van der Waals surface area contributed by atoms with Gasteiger partial charge in [-0.3, -0.25) is 0 Å². The van der Waals surface area contributed by atoms with E-state index in [9.17, 15) is 9.18 Å². The number of oxazole rings is 1. The van der Waals surface area contributed by atoms with Crippen molar-refractivity contribution in [3.63, 3.8) is 0 Å². The third-order valence-electron chi connectivity index (χ3n) is 2.66. The maximum atomic E-state index is 13.3. The first-order chi connectivity index (χ1) is 9.56. The largest absolute Gasteiger partial charge is 0.496 e. The maximum absolute atomic E-state index is 13.3. The van der Waals surface area contributed by atoms with Crippen LogP contribution >= 0.6 is 0 Å². The average Bonchev–Trinajstić information content (AvgIpc) is 2.81. The Morgan fingerprint density at radius 1 is 1.45 bits per heavy atom. The van der Waals surface area contributed by atoms with Crippen LogP contribution in [0.4, 0.5) is 4.39 Å². The molecule has 6 heteroatoms. The highest BCUT2D eigenvalue weighted by Gasteiger charge is 2.21. The summed E-state index contributed by atoms with van der Waals surface area (Å²) < 4.78 is 28.7. The van der Waals surface area contributed by atoms with E-state index in [0.29, 0.717) is 17.1 Å². The minimum absolute atomic E-state index is 0.0770. The molecule has 1 aromatic carbocycles. The molecular weight excluding hydrogens is 265 g/mol. The number of methoxy groups -OCH3 is 1. The molecule has 0 saturated heterocycles. The van der Waals surface area contributed by atoms with Crippen molar-refractivity contribution in [2.45, 2.75) is 13.8 Å². The van der Waals surface area contributed by atoms with Crippen LogP contribution in [0.15, 0.2) is 22.6 Å². The van der Waals surface area contributed by atoms with Crippen LogP contribution in [0.2, 0.25) is 0 Å². The molecule has 0 aliphatic carbocycles. The van der Waals surface area contributed by atoms with Crippen molar-refractivity contribution >= 4 is 5.97 Å². The predicted molar refractivity (Wildman–Crippen MR) is 69.1 cm³/mol. The van der Waals surface area contributed by atoms with E-state index in [4.69, 9.17) is 13.9 Å². The molecule has 106 valence electrons. The normalized spacial score (nSPS) is 10.4.